The molecule has 0 saturated carbocycles. The molecule has 0 aliphatic heterocycles. The third-order valence-corrected chi connectivity index (χ3v) is 1.78. The number of rotatable bonds is 2. The minimum absolute atomic E-state index is 0.309. The number of amides is 1. The van der Waals surface area contributed by atoms with E-state index in [0.717, 1.165) is 5.56 Å². The van der Waals surface area contributed by atoms with Crippen LogP contribution in [0.3, 0.4) is 0 Å². The van der Waals surface area contributed by atoms with Crippen molar-refractivity contribution in [1.29, 1.82) is 0 Å². The number of benzene rings is 1. The SMILES string of the molecule is NCCC#Cc1ccc(C(=O)NN)cc1. The van der Waals surface area contributed by atoms with E-state index in [1.54, 1.807) is 24.3 Å². The molecule has 1 aromatic carbocycles. The summed E-state index contributed by atoms with van der Waals surface area (Å²) in [5, 5.41) is 0. The first-order valence-electron chi connectivity index (χ1n) is 4.58. The first-order chi connectivity index (χ1) is 7.27. The fourth-order valence-electron chi connectivity index (χ4n) is 1.03. The fraction of sp³-hybridized carbons (Fsp3) is 0.182. The summed E-state index contributed by atoms with van der Waals surface area (Å²) in [5.41, 5.74) is 8.74. The van der Waals surface area contributed by atoms with E-state index in [2.05, 4.69) is 17.3 Å². The average Bonchev–Trinajstić information content (AvgIpc) is 2.29. The highest BCUT2D eigenvalue weighted by molar-refractivity contribution is 5.93. The van der Waals surface area contributed by atoms with Gasteiger partial charge in [0.15, 0.2) is 0 Å². The molecular formula is C11H13N3O. The third kappa shape index (κ3) is 3.43. The van der Waals surface area contributed by atoms with E-state index >= 15 is 0 Å². The largest absolute Gasteiger partial charge is 0.330 e. The predicted molar refractivity (Wildman–Crippen MR) is 58.6 cm³/mol. The van der Waals surface area contributed by atoms with Crippen LogP contribution in [0.5, 0.6) is 0 Å². The Balaban J connectivity index is 2.73. The maximum absolute atomic E-state index is 11.1. The van der Waals surface area contributed by atoms with Gasteiger partial charge in [-0.3, -0.25) is 10.2 Å². The molecule has 15 heavy (non-hydrogen) atoms. The lowest BCUT2D eigenvalue weighted by atomic mass is 10.1. The maximum atomic E-state index is 11.1. The summed E-state index contributed by atoms with van der Waals surface area (Å²) in [6.45, 7) is 0.556. The Morgan fingerprint density at radius 2 is 2.00 bits per heavy atom. The van der Waals surface area contributed by atoms with E-state index in [4.69, 9.17) is 11.6 Å². The van der Waals surface area contributed by atoms with Crippen LogP contribution < -0.4 is 17.0 Å². The number of nitrogen functional groups attached to an aromatic ring is 1. The zero-order valence-corrected chi connectivity index (χ0v) is 8.29. The predicted octanol–water partition coefficient (Wildman–Crippen LogP) is -0.00960. The molecule has 1 aromatic rings. The summed E-state index contributed by atoms with van der Waals surface area (Å²) in [4.78, 5) is 11.1. The summed E-state index contributed by atoms with van der Waals surface area (Å²) in [6, 6.07) is 6.89. The number of hydrogen-bond donors (Lipinski definition) is 3. The molecule has 0 bridgehead atoms. The van der Waals surface area contributed by atoms with Crippen LogP contribution in [0.1, 0.15) is 22.3 Å². The van der Waals surface area contributed by atoms with Gasteiger partial charge in [-0.25, -0.2) is 5.84 Å². The van der Waals surface area contributed by atoms with Crippen LogP contribution in [-0.4, -0.2) is 12.5 Å². The lowest BCUT2D eigenvalue weighted by molar-refractivity contribution is 0.0953. The molecule has 0 heterocycles. The minimum Gasteiger partial charge on any atom is -0.330 e. The van der Waals surface area contributed by atoms with Gasteiger partial charge in [0.1, 0.15) is 0 Å². The molecule has 5 N–H and O–H groups in total. The summed E-state index contributed by atoms with van der Waals surface area (Å²) in [7, 11) is 0. The van der Waals surface area contributed by atoms with Gasteiger partial charge >= 0.3 is 0 Å². The second-order valence-corrected chi connectivity index (χ2v) is 2.89. The highest BCUT2D eigenvalue weighted by Crippen LogP contribution is 2.02. The lowest BCUT2D eigenvalue weighted by Crippen LogP contribution is -2.29. The van der Waals surface area contributed by atoms with Crippen LogP contribution in [-0.2, 0) is 0 Å². The first kappa shape index (κ1) is 11.2. The molecule has 0 atom stereocenters. The topological polar surface area (TPSA) is 81.1 Å². The molecule has 0 aliphatic carbocycles. The third-order valence-electron chi connectivity index (χ3n) is 1.78. The zero-order chi connectivity index (χ0) is 11.1. The van der Waals surface area contributed by atoms with Crippen LogP contribution in [0.4, 0.5) is 0 Å². The number of nitrogens with one attached hydrogen (secondary N) is 1. The number of hydrazine groups is 1. The first-order valence-corrected chi connectivity index (χ1v) is 4.58. The van der Waals surface area contributed by atoms with Crippen LogP contribution in [0, 0.1) is 11.8 Å². The van der Waals surface area contributed by atoms with Gasteiger partial charge in [-0.05, 0) is 24.3 Å². The molecule has 4 nitrogen and oxygen atoms in total. The van der Waals surface area contributed by atoms with Gasteiger partial charge in [-0.1, -0.05) is 11.8 Å². The quantitative estimate of drug-likeness (QED) is 0.274. The summed E-state index contributed by atoms with van der Waals surface area (Å²) in [5.74, 6) is 10.5. The molecule has 4 heteroatoms. The number of hydrogen-bond acceptors (Lipinski definition) is 3. The molecule has 0 unspecified atom stereocenters. The second-order valence-electron chi connectivity index (χ2n) is 2.89. The normalized spacial score (nSPS) is 8.93. The molecule has 78 valence electrons. The Labute approximate surface area is 88.6 Å². The van der Waals surface area contributed by atoms with Crippen LogP contribution >= 0.6 is 0 Å². The smallest absolute Gasteiger partial charge is 0.265 e. The van der Waals surface area contributed by atoms with E-state index in [1.165, 1.54) is 0 Å². The lowest BCUT2D eigenvalue weighted by Gasteiger charge is -1.98. The fourth-order valence-corrected chi connectivity index (χ4v) is 1.03. The number of carbonyl (C=O) groups excluding carboxylic acids is 1. The Hall–Kier alpha value is -1.83. The summed E-state index contributed by atoms with van der Waals surface area (Å²) in [6.07, 6.45) is 0.672. The average molecular weight is 203 g/mol. The standard InChI is InChI=1S/C11H13N3O/c12-8-2-1-3-9-4-6-10(7-5-9)11(15)14-13/h4-7H,2,8,12-13H2,(H,14,15). The van der Waals surface area contributed by atoms with Crippen LogP contribution in [0.25, 0.3) is 0 Å². The van der Waals surface area contributed by atoms with Crippen molar-refractivity contribution >= 4 is 5.91 Å². The molecule has 0 fully saturated rings. The molecule has 0 aliphatic rings. The summed E-state index contributed by atoms with van der Waals surface area (Å²) < 4.78 is 0. The van der Waals surface area contributed by atoms with Crippen molar-refractivity contribution in [2.24, 2.45) is 11.6 Å². The van der Waals surface area contributed by atoms with Gasteiger partial charge in [0.2, 0.25) is 0 Å². The van der Waals surface area contributed by atoms with Crippen LogP contribution in [0.2, 0.25) is 0 Å². The Bertz CT molecular complexity index is 387. The van der Waals surface area contributed by atoms with E-state index in [1.807, 2.05) is 0 Å². The Morgan fingerprint density at radius 3 is 2.53 bits per heavy atom. The minimum atomic E-state index is -0.309. The molecular weight excluding hydrogens is 190 g/mol. The van der Waals surface area contributed by atoms with Gasteiger partial charge in [-0.15, -0.1) is 0 Å². The Morgan fingerprint density at radius 1 is 1.33 bits per heavy atom. The highest BCUT2D eigenvalue weighted by Gasteiger charge is 2.00. The Kier molecular flexibility index (Phi) is 4.35. The van der Waals surface area contributed by atoms with Gasteiger partial charge in [0.05, 0.1) is 0 Å². The van der Waals surface area contributed by atoms with Crippen molar-refractivity contribution in [2.45, 2.75) is 6.42 Å². The zero-order valence-electron chi connectivity index (χ0n) is 8.29. The van der Waals surface area contributed by atoms with E-state index in [0.29, 0.717) is 18.5 Å². The van der Waals surface area contributed by atoms with E-state index in [-0.39, 0.29) is 5.91 Å². The molecule has 0 saturated heterocycles. The van der Waals surface area contributed by atoms with Crippen LogP contribution in [0.15, 0.2) is 24.3 Å². The van der Waals surface area contributed by atoms with Crippen molar-refractivity contribution in [2.75, 3.05) is 6.54 Å². The van der Waals surface area contributed by atoms with Gasteiger partial charge in [-0.2, -0.15) is 0 Å². The molecule has 0 radical (unpaired) electrons. The van der Waals surface area contributed by atoms with Crippen molar-refractivity contribution in [1.82, 2.24) is 5.43 Å². The highest BCUT2D eigenvalue weighted by atomic mass is 16.2. The molecule has 1 rings (SSSR count). The summed E-state index contributed by atoms with van der Waals surface area (Å²) >= 11 is 0. The molecule has 1 amide bonds. The number of carbonyl (C=O) groups is 1. The van der Waals surface area contributed by atoms with Crippen molar-refractivity contribution < 1.29 is 4.79 Å². The van der Waals surface area contributed by atoms with Crippen molar-refractivity contribution in [3.05, 3.63) is 35.4 Å². The van der Waals surface area contributed by atoms with Crippen molar-refractivity contribution in [3.63, 3.8) is 0 Å². The van der Waals surface area contributed by atoms with Gasteiger partial charge < -0.3 is 5.73 Å². The second kappa shape index (κ2) is 5.81. The maximum Gasteiger partial charge on any atom is 0.265 e. The van der Waals surface area contributed by atoms with Crippen molar-refractivity contribution in [3.8, 4) is 11.8 Å². The van der Waals surface area contributed by atoms with Gasteiger partial charge in [0.25, 0.3) is 5.91 Å². The molecule has 0 aromatic heterocycles. The molecule has 0 spiro atoms. The van der Waals surface area contributed by atoms with E-state index in [9.17, 15) is 4.79 Å². The monoisotopic (exact) mass is 203 g/mol. The number of nitrogens with two attached hydrogens (primary N) is 2. The van der Waals surface area contributed by atoms with Gasteiger partial charge in [0, 0.05) is 24.1 Å². The van der Waals surface area contributed by atoms with E-state index < -0.39 is 0 Å².